The van der Waals surface area contributed by atoms with Crippen LogP contribution in [0.5, 0.6) is 5.88 Å². The summed E-state index contributed by atoms with van der Waals surface area (Å²) in [5.74, 6) is 0.519. The monoisotopic (exact) mass is 394 g/mol. The first kappa shape index (κ1) is 18.1. The number of ether oxygens (including phenoxy) is 1. The van der Waals surface area contributed by atoms with Gasteiger partial charge >= 0.3 is 0 Å². The summed E-state index contributed by atoms with van der Waals surface area (Å²) in [5.41, 5.74) is 4.40. The number of methoxy groups -OCH3 is 1. The van der Waals surface area contributed by atoms with E-state index in [4.69, 9.17) is 9.88 Å². The van der Waals surface area contributed by atoms with E-state index in [2.05, 4.69) is 9.97 Å². The van der Waals surface area contributed by atoms with Gasteiger partial charge in [0.1, 0.15) is 5.52 Å². The third-order valence-electron chi connectivity index (χ3n) is 4.48. The van der Waals surface area contributed by atoms with E-state index in [1.54, 1.807) is 31.8 Å². The highest BCUT2D eigenvalue weighted by atomic mass is 32.2. The molecule has 2 aromatic carbocycles. The normalized spacial score (nSPS) is 11.6. The molecule has 0 aliphatic carbocycles. The van der Waals surface area contributed by atoms with Gasteiger partial charge in [-0.1, -0.05) is 42.5 Å². The number of nitrogens with two attached hydrogens (primary N) is 1. The zero-order valence-corrected chi connectivity index (χ0v) is 15.9. The standard InChI is InChI=1S/C20H18N4O3S/c1-27-20-18(15-5-3-2-4-6-15)19-17(11-22-20)23-13-24(19)12-14-7-9-16(10-8-14)28(21,25)26/h2-11,13H,12H2,1H3,(H2,21,25,26). The second-order valence-electron chi connectivity index (χ2n) is 6.30. The molecule has 4 rings (SSSR count). The van der Waals surface area contributed by atoms with Crippen LogP contribution in [-0.2, 0) is 16.6 Å². The van der Waals surface area contributed by atoms with Crippen LogP contribution >= 0.6 is 0 Å². The van der Waals surface area contributed by atoms with E-state index in [1.807, 2.05) is 34.9 Å². The van der Waals surface area contributed by atoms with Crippen molar-refractivity contribution in [2.24, 2.45) is 5.14 Å². The Morgan fingerprint density at radius 1 is 1.04 bits per heavy atom. The average molecular weight is 394 g/mol. The maximum absolute atomic E-state index is 11.4. The summed E-state index contributed by atoms with van der Waals surface area (Å²) in [6.45, 7) is 0.508. The molecule has 28 heavy (non-hydrogen) atoms. The molecule has 4 aromatic rings. The molecule has 7 nitrogen and oxygen atoms in total. The van der Waals surface area contributed by atoms with Crippen molar-refractivity contribution in [1.82, 2.24) is 14.5 Å². The van der Waals surface area contributed by atoms with E-state index in [1.165, 1.54) is 12.1 Å². The highest BCUT2D eigenvalue weighted by molar-refractivity contribution is 7.89. The van der Waals surface area contributed by atoms with Crippen LogP contribution in [0.1, 0.15) is 5.56 Å². The van der Waals surface area contributed by atoms with Gasteiger partial charge in [-0.15, -0.1) is 0 Å². The number of imidazole rings is 1. The zero-order valence-electron chi connectivity index (χ0n) is 15.1. The molecule has 0 spiro atoms. The molecule has 0 amide bonds. The lowest BCUT2D eigenvalue weighted by Gasteiger charge is -2.12. The Labute approximate surface area is 162 Å². The molecule has 0 saturated heterocycles. The Bertz CT molecular complexity index is 1230. The topological polar surface area (TPSA) is 100 Å². The number of primary sulfonamides is 1. The summed E-state index contributed by atoms with van der Waals surface area (Å²) in [7, 11) is -2.12. The predicted molar refractivity (Wildman–Crippen MR) is 106 cm³/mol. The number of aromatic nitrogens is 3. The highest BCUT2D eigenvalue weighted by Crippen LogP contribution is 2.35. The van der Waals surface area contributed by atoms with Gasteiger partial charge in [0.25, 0.3) is 0 Å². The maximum atomic E-state index is 11.4. The van der Waals surface area contributed by atoms with E-state index >= 15 is 0 Å². The molecule has 0 saturated carbocycles. The molecule has 8 heteroatoms. The first-order chi connectivity index (χ1) is 13.5. The van der Waals surface area contributed by atoms with Gasteiger partial charge in [-0.2, -0.15) is 0 Å². The Kier molecular flexibility index (Phi) is 4.58. The van der Waals surface area contributed by atoms with Crippen LogP contribution in [0.2, 0.25) is 0 Å². The summed E-state index contributed by atoms with van der Waals surface area (Å²) in [6, 6.07) is 16.4. The molecule has 0 aliphatic heterocycles. The van der Waals surface area contributed by atoms with Crippen LogP contribution in [0.3, 0.4) is 0 Å². The predicted octanol–water partition coefficient (Wildman–Crippen LogP) is 2.80. The van der Waals surface area contributed by atoms with Crippen LogP contribution in [-0.4, -0.2) is 30.1 Å². The van der Waals surface area contributed by atoms with Gasteiger partial charge in [-0.05, 0) is 23.3 Å². The Balaban J connectivity index is 1.82. The van der Waals surface area contributed by atoms with Crippen LogP contribution in [0, 0.1) is 0 Å². The molecule has 0 unspecified atom stereocenters. The summed E-state index contributed by atoms with van der Waals surface area (Å²) in [5, 5.41) is 5.17. The fraction of sp³-hybridized carbons (Fsp3) is 0.100. The third-order valence-corrected chi connectivity index (χ3v) is 5.41. The molecule has 0 radical (unpaired) electrons. The minimum Gasteiger partial charge on any atom is -0.480 e. The zero-order chi connectivity index (χ0) is 19.7. The first-order valence-corrected chi connectivity index (χ1v) is 10.1. The average Bonchev–Trinajstić information content (AvgIpc) is 3.10. The number of pyridine rings is 1. The summed E-state index contributed by atoms with van der Waals surface area (Å²) in [4.78, 5) is 8.93. The number of sulfonamides is 1. The minimum atomic E-state index is -3.71. The quantitative estimate of drug-likeness (QED) is 0.561. The maximum Gasteiger partial charge on any atom is 0.238 e. The van der Waals surface area contributed by atoms with Gasteiger partial charge in [0.05, 0.1) is 35.6 Å². The smallest absolute Gasteiger partial charge is 0.238 e. The van der Waals surface area contributed by atoms with Crippen molar-refractivity contribution in [2.45, 2.75) is 11.4 Å². The SMILES string of the molecule is COc1ncc2ncn(Cc3ccc(S(N)(=O)=O)cc3)c2c1-c1ccccc1. The Morgan fingerprint density at radius 3 is 2.39 bits per heavy atom. The van der Waals surface area contributed by atoms with E-state index in [0.717, 1.165) is 27.7 Å². The number of fused-ring (bicyclic) bond motifs is 1. The second-order valence-corrected chi connectivity index (χ2v) is 7.87. The van der Waals surface area contributed by atoms with Gasteiger partial charge in [0.2, 0.25) is 15.9 Å². The lowest BCUT2D eigenvalue weighted by molar-refractivity contribution is 0.400. The van der Waals surface area contributed by atoms with Crippen molar-refractivity contribution in [3.8, 4) is 17.0 Å². The van der Waals surface area contributed by atoms with Crippen LogP contribution in [0.15, 0.2) is 72.0 Å². The molecule has 0 bridgehead atoms. The Morgan fingerprint density at radius 2 is 1.75 bits per heavy atom. The molecule has 2 heterocycles. The van der Waals surface area contributed by atoms with Crippen molar-refractivity contribution in [3.05, 3.63) is 72.7 Å². The van der Waals surface area contributed by atoms with Gasteiger partial charge < -0.3 is 9.30 Å². The van der Waals surface area contributed by atoms with Crippen molar-refractivity contribution in [1.29, 1.82) is 0 Å². The van der Waals surface area contributed by atoms with Crippen LogP contribution in [0.25, 0.3) is 22.2 Å². The fourth-order valence-corrected chi connectivity index (χ4v) is 3.69. The summed E-state index contributed by atoms with van der Waals surface area (Å²) < 4.78 is 30.4. The second kappa shape index (κ2) is 7.06. The van der Waals surface area contributed by atoms with Crippen molar-refractivity contribution in [3.63, 3.8) is 0 Å². The number of rotatable bonds is 5. The van der Waals surface area contributed by atoms with E-state index in [-0.39, 0.29) is 4.90 Å². The van der Waals surface area contributed by atoms with Gasteiger partial charge in [-0.25, -0.2) is 23.5 Å². The van der Waals surface area contributed by atoms with Gasteiger partial charge in [-0.3, -0.25) is 0 Å². The minimum absolute atomic E-state index is 0.0857. The summed E-state index contributed by atoms with van der Waals surface area (Å²) >= 11 is 0. The molecule has 2 N–H and O–H groups in total. The molecule has 0 aliphatic rings. The van der Waals surface area contributed by atoms with Gasteiger partial charge in [0, 0.05) is 6.54 Å². The number of benzene rings is 2. The number of nitrogens with zero attached hydrogens (tertiary/aromatic N) is 3. The summed E-state index contributed by atoms with van der Waals surface area (Å²) in [6.07, 6.45) is 3.42. The first-order valence-electron chi connectivity index (χ1n) is 8.52. The van der Waals surface area contributed by atoms with Crippen molar-refractivity contribution in [2.75, 3.05) is 7.11 Å². The van der Waals surface area contributed by atoms with E-state index < -0.39 is 10.0 Å². The lowest BCUT2D eigenvalue weighted by Crippen LogP contribution is -2.12. The highest BCUT2D eigenvalue weighted by Gasteiger charge is 2.17. The van der Waals surface area contributed by atoms with E-state index in [0.29, 0.717) is 12.4 Å². The molecule has 142 valence electrons. The number of hydrogen-bond donors (Lipinski definition) is 1. The van der Waals surface area contributed by atoms with Crippen molar-refractivity contribution < 1.29 is 13.2 Å². The molecular formula is C20H18N4O3S. The molecule has 0 fully saturated rings. The van der Waals surface area contributed by atoms with E-state index in [9.17, 15) is 8.42 Å². The molecule has 0 atom stereocenters. The van der Waals surface area contributed by atoms with Crippen LogP contribution in [0.4, 0.5) is 0 Å². The van der Waals surface area contributed by atoms with Crippen molar-refractivity contribution >= 4 is 21.1 Å². The third kappa shape index (κ3) is 3.35. The molecular weight excluding hydrogens is 376 g/mol. The largest absolute Gasteiger partial charge is 0.480 e. The van der Waals surface area contributed by atoms with Crippen LogP contribution < -0.4 is 9.88 Å². The fourth-order valence-electron chi connectivity index (χ4n) is 3.17. The van der Waals surface area contributed by atoms with Gasteiger partial charge in [0.15, 0.2) is 0 Å². The number of hydrogen-bond acceptors (Lipinski definition) is 5. The molecule has 2 aromatic heterocycles. The lowest BCUT2D eigenvalue weighted by atomic mass is 10.1. The Hall–Kier alpha value is -3.23.